The van der Waals surface area contributed by atoms with Crippen LogP contribution in [0.5, 0.6) is 23.0 Å². The summed E-state index contributed by atoms with van der Waals surface area (Å²) in [5.74, 6) is 3.37. The molecule has 12 aromatic carbocycles. The van der Waals surface area contributed by atoms with E-state index in [1.165, 1.54) is 10.9 Å². The second-order valence-electron chi connectivity index (χ2n) is 21.8. The molecule has 0 radical (unpaired) electrons. The molecule has 20 rings (SSSR count). The molecular formula is C70H38B2N4O4. The molecule has 368 valence electrons. The molecule has 10 heteroatoms. The highest BCUT2D eigenvalue weighted by Gasteiger charge is 2.53. The Balaban J connectivity index is 0.912. The van der Waals surface area contributed by atoms with Crippen LogP contribution in [0.4, 0.5) is 68.2 Å². The average molecular weight is 1020 g/mol. The predicted molar refractivity (Wildman–Crippen MR) is 327 cm³/mol. The first-order chi connectivity index (χ1) is 39.7. The smallest absolute Gasteiger partial charge is 0.262 e. The lowest BCUT2D eigenvalue weighted by Crippen LogP contribution is -2.64. The molecule has 80 heavy (non-hydrogen) atoms. The van der Waals surface area contributed by atoms with Gasteiger partial charge in [-0.15, -0.1) is 0 Å². The minimum atomic E-state index is -0.208. The third kappa shape index (κ3) is 5.06. The summed E-state index contributed by atoms with van der Waals surface area (Å²) >= 11 is 0. The number of nitrogens with zero attached hydrogens (tertiary/aromatic N) is 4. The van der Waals surface area contributed by atoms with Gasteiger partial charge in [0.05, 0.1) is 17.1 Å². The second kappa shape index (κ2) is 14.7. The van der Waals surface area contributed by atoms with Gasteiger partial charge in [-0.2, -0.15) is 0 Å². The van der Waals surface area contributed by atoms with E-state index in [1.807, 2.05) is 12.1 Å². The Kier molecular flexibility index (Phi) is 7.65. The van der Waals surface area contributed by atoms with Crippen LogP contribution in [0.1, 0.15) is 0 Å². The zero-order valence-electron chi connectivity index (χ0n) is 42.5. The van der Waals surface area contributed by atoms with Crippen molar-refractivity contribution in [1.29, 1.82) is 0 Å². The molecule has 0 amide bonds. The van der Waals surface area contributed by atoms with E-state index >= 15 is 0 Å². The number of furan rings is 2. The Morgan fingerprint density at radius 3 is 1.32 bits per heavy atom. The van der Waals surface area contributed by atoms with Crippen molar-refractivity contribution in [3.05, 3.63) is 231 Å². The highest BCUT2D eigenvalue weighted by Crippen LogP contribution is 2.57. The monoisotopic (exact) mass is 1020 g/mol. The van der Waals surface area contributed by atoms with E-state index in [1.54, 1.807) is 0 Å². The summed E-state index contributed by atoms with van der Waals surface area (Å²) in [6, 6.07) is 82.9. The van der Waals surface area contributed by atoms with Gasteiger partial charge in [-0.05, 0) is 154 Å². The zero-order chi connectivity index (χ0) is 51.6. The molecule has 0 fully saturated rings. The van der Waals surface area contributed by atoms with Gasteiger partial charge in [0.15, 0.2) is 5.58 Å². The lowest BCUT2D eigenvalue weighted by atomic mass is 9.31. The minimum absolute atomic E-state index is 0.152. The third-order valence-corrected chi connectivity index (χ3v) is 17.9. The van der Waals surface area contributed by atoms with Crippen LogP contribution < -0.4 is 61.9 Å². The number of fused-ring (bicyclic) bond motifs is 10. The van der Waals surface area contributed by atoms with Gasteiger partial charge in [-0.25, -0.2) is 0 Å². The fourth-order valence-corrected chi connectivity index (χ4v) is 14.9. The fourth-order valence-electron chi connectivity index (χ4n) is 14.9. The molecule has 8 heterocycles. The van der Waals surface area contributed by atoms with Gasteiger partial charge in [0, 0.05) is 83.5 Å². The van der Waals surface area contributed by atoms with Gasteiger partial charge in [-0.1, -0.05) is 109 Å². The van der Waals surface area contributed by atoms with Crippen LogP contribution >= 0.6 is 0 Å². The minimum Gasteiger partial charge on any atom is -0.458 e. The Bertz CT molecular complexity index is 5140. The zero-order valence-corrected chi connectivity index (χ0v) is 42.5. The summed E-state index contributed by atoms with van der Waals surface area (Å²) in [5, 5.41) is 6.44. The van der Waals surface area contributed by atoms with E-state index < -0.39 is 0 Å². The largest absolute Gasteiger partial charge is 0.458 e. The molecule has 0 atom stereocenters. The van der Waals surface area contributed by atoms with E-state index in [-0.39, 0.29) is 13.4 Å². The Morgan fingerprint density at radius 1 is 0.250 bits per heavy atom. The molecule has 0 unspecified atom stereocenters. The van der Waals surface area contributed by atoms with Crippen LogP contribution in [-0.2, 0) is 0 Å². The van der Waals surface area contributed by atoms with Crippen molar-refractivity contribution >= 4 is 169 Å². The maximum atomic E-state index is 7.55. The van der Waals surface area contributed by atoms with Gasteiger partial charge in [0.25, 0.3) is 13.4 Å². The molecule has 0 saturated carbocycles. The number of anilines is 12. The maximum absolute atomic E-state index is 7.55. The summed E-state index contributed by atoms with van der Waals surface area (Å²) in [7, 11) is 0. The molecule has 0 bridgehead atoms. The van der Waals surface area contributed by atoms with E-state index in [2.05, 4.69) is 238 Å². The van der Waals surface area contributed by atoms with Gasteiger partial charge in [-0.3, -0.25) is 0 Å². The molecule has 0 spiro atoms. The van der Waals surface area contributed by atoms with Crippen LogP contribution in [0.25, 0.3) is 54.6 Å². The van der Waals surface area contributed by atoms with Crippen molar-refractivity contribution < 1.29 is 18.3 Å². The lowest BCUT2D eigenvalue weighted by Gasteiger charge is -2.48. The van der Waals surface area contributed by atoms with Gasteiger partial charge >= 0.3 is 0 Å². The second-order valence-corrected chi connectivity index (χ2v) is 21.8. The van der Waals surface area contributed by atoms with Crippen molar-refractivity contribution in [2.75, 3.05) is 19.6 Å². The topological polar surface area (TPSA) is 57.7 Å². The number of hydrogen-bond donors (Lipinski definition) is 0. The van der Waals surface area contributed by atoms with E-state index in [0.29, 0.717) is 0 Å². The Labute approximate surface area is 458 Å². The van der Waals surface area contributed by atoms with Crippen LogP contribution in [-0.4, -0.2) is 13.4 Å². The predicted octanol–water partition coefficient (Wildman–Crippen LogP) is 15.0. The lowest BCUT2D eigenvalue weighted by molar-refractivity contribution is 0.486. The Hall–Kier alpha value is -10.6. The molecule has 0 N–H and O–H groups in total. The summed E-state index contributed by atoms with van der Waals surface area (Å²) in [6.45, 7) is -0.360. The van der Waals surface area contributed by atoms with Crippen molar-refractivity contribution in [3.8, 4) is 23.0 Å². The number of para-hydroxylation sites is 5. The summed E-state index contributed by atoms with van der Waals surface area (Å²) < 4.78 is 28.6. The van der Waals surface area contributed by atoms with Crippen molar-refractivity contribution in [3.63, 3.8) is 0 Å². The SMILES string of the molecule is c1ccc(N2c3cccc4c3B3c5c(cccc5N4c4ccc5oc6ccccc6c5c4)Oc4cc5c6c7c(cc5c2c43)Oc2cccc3c2B7c2c(cc4c(oc5ccccc54)c2N3c2ccccc2)N6c2ccccc2)cc1. The number of ether oxygens (including phenoxy) is 2. The van der Waals surface area contributed by atoms with E-state index in [4.69, 9.17) is 18.3 Å². The van der Waals surface area contributed by atoms with Crippen LogP contribution in [0.2, 0.25) is 0 Å². The first-order valence-corrected chi connectivity index (χ1v) is 27.4. The first kappa shape index (κ1) is 41.6. The Morgan fingerprint density at radius 2 is 0.713 bits per heavy atom. The normalized spacial score (nSPS) is 14.3. The van der Waals surface area contributed by atoms with Crippen molar-refractivity contribution in [2.45, 2.75) is 0 Å². The molecule has 6 aliphatic heterocycles. The average Bonchev–Trinajstić information content (AvgIpc) is 1.45. The highest BCUT2D eigenvalue weighted by molar-refractivity contribution is 7.03. The number of rotatable bonds is 4. The quantitative estimate of drug-likeness (QED) is 0.162. The maximum Gasteiger partial charge on any atom is 0.262 e. The van der Waals surface area contributed by atoms with E-state index in [9.17, 15) is 0 Å². The molecule has 8 nitrogen and oxygen atoms in total. The first-order valence-electron chi connectivity index (χ1n) is 27.4. The van der Waals surface area contributed by atoms with Gasteiger partial charge < -0.3 is 37.9 Å². The van der Waals surface area contributed by atoms with Crippen LogP contribution in [0.15, 0.2) is 239 Å². The van der Waals surface area contributed by atoms with Crippen LogP contribution in [0, 0.1) is 0 Å². The molecule has 6 aliphatic rings. The summed E-state index contributed by atoms with van der Waals surface area (Å²) in [6.07, 6.45) is 0. The summed E-state index contributed by atoms with van der Waals surface area (Å²) in [5.41, 5.74) is 23.3. The standard InChI is InChI=1S/C70H38B2N4O4/c1-4-17-39(18-5-1)74-50-26-14-25-49-61(50)71-62-51(73(49)42-33-34-56-45(35-42)43-23-10-12-29-54(43)77-56)27-15-31-57(62)78-59-38-47-46(67(74)65(59)71)37-60-66-68(47)76(41-21-8-3-9-22-41)53-36-48-44-24-11-13-30-55(44)80-70(48)69-64(53)72(66)63-52(28-16-32-58(63)79-60)75(69)40-19-6-2-7-20-40/h1-38H. The highest BCUT2D eigenvalue weighted by atomic mass is 16.5. The molecular weight excluding hydrogens is 982 g/mol. The van der Waals surface area contributed by atoms with E-state index in [0.717, 1.165) is 168 Å². The molecule has 14 aromatic rings. The third-order valence-electron chi connectivity index (χ3n) is 17.9. The van der Waals surface area contributed by atoms with Gasteiger partial charge in [0.2, 0.25) is 0 Å². The van der Waals surface area contributed by atoms with Crippen LogP contribution in [0.3, 0.4) is 0 Å². The van der Waals surface area contributed by atoms with Crippen molar-refractivity contribution in [2.24, 2.45) is 0 Å². The van der Waals surface area contributed by atoms with Gasteiger partial charge in [0.1, 0.15) is 39.7 Å². The molecule has 0 aliphatic carbocycles. The summed E-state index contributed by atoms with van der Waals surface area (Å²) in [4.78, 5) is 9.86. The fraction of sp³-hybridized carbons (Fsp3) is 0. The van der Waals surface area contributed by atoms with Crippen molar-refractivity contribution in [1.82, 2.24) is 0 Å². The number of benzene rings is 12. The molecule has 0 saturated heterocycles. The number of hydrogen-bond acceptors (Lipinski definition) is 8. The molecule has 2 aromatic heterocycles.